The average molecular weight is 394 g/mol. The predicted molar refractivity (Wildman–Crippen MR) is 86.4 cm³/mol. The molecule has 0 atom stereocenters. The summed E-state index contributed by atoms with van der Waals surface area (Å²) in [7, 11) is 1.42. The first-order valence-electron chi connectivity index (χ1n) is 6.04. The maximum absolute atomic E-state index is 13.6. The lowest BCUT2D eigenvalue weighted by Gasteiger charge is -2.13. The maximum atomic E-state index is 13.6. The summed E-state index contributed by atoms with van der Waals surface area (Å²) in [6.07, 6.45) is 0. The van der Waals surface area contributed by atoms with Gasteiger partial charge in [-0.25, -0.2) is 4.39 Å². The molecule has 0 aliphatic rings. The molecule has 6 heteroatoms. The first-order valence-corrected chi connectivity index (χ1v) is 7.92. The van der Waals surface area contributed by atoms with Gasteiger partial charge in [0.15, 0.2) is 11.6 Å². The van der Waals surface area contributed by atoms with Gasteiger partial charge in [-0.05, 0) is 29.8 Å². The molecular weight excluding hydrogens is 382 g/mol. The number of alkyl halides is 1. The molecule has 0 unspecified atom stereocenters. The number of methoxy groups -OCH3 is 1. The number of halogens is 4. The van der Waals surface area contributed by atoms with Gasteiger partial charge in [0.25, 0.3) is 0 Å². The van der Waals surface area contributed by atoms with E-state index in [0.29, 0.717) is 26.7 Å². The van der Waals surface area contributed by atoms with Gasteiger partial charge in [0, 0.05) is 15.9 Å². The topological polar surface area (TPSA) is 18.5 Å². The molecule has 0 amide bonds. The molecule has 112 valence electrons. The van der Waals surface area contributed by atoms with Crippen molar-refractivity contribution in [3.05, 3.63) is 57.3 Å². The van der Waals surface area contributed by atoms with E-state index in [9.17, 15) is 4.39 Å². The second kappa shape index (κ2) is 7.34. The number of rotatable bonds is 5. The fourth-order valence-electron chi connectivity index (χ4n) is 1.83. The lowest BCUT2D eigenvalue weighted by atomic mass is 10.2. The number of hydrogen-bond donors (Lipinski definition) is 0. The van der Waals surface area contributed by atoms with Crippen molar-refractivity contribution >= 4 is 39.1 Å². The van der Waals surface area contributed by atoms with Crippen molar-refractivity contribution in [1.29, 1.82) is 0 Å². The molecule has 0 saturated carbocycles. The third-order valence-corrected chi connectivity index (χ3v) is 3.93. The van der Waals surface area contributed by atoms with Gasteiger partial charge in [-0.1, -0.05) is 45.2 Å². The Kier molecular flexibility index (Phi) is 5.73. The number of ether oxygens (including phenoxy) is 2. The highest BCUT2D eigenvalue weighted by molar-refractivity contribution is 9.08. The first kappa shape index (κ1) is 16.4. The summed E-state index contributed by atoms with van der Waals surface area (Å²) < 4.78 is 24.2. The molecule has 0 heterocycles. The Morgan fingerprint density at radius 2 is 1.95 bits per heavy atom. The molecule has 0 N–H and O–H groups in total. The summed E-state index contributed by atoms with van der Waals surface area (Å²) in [6, 6.07) is 8.05. The summed E-state index contributed by atoms with van der Waals surface area (Å²) in [4.78, 5) is 0. The Bertz CT molecular complexity index is 650. The summed E-state index contributed by atoms with van der Waals surface area (Å²) >= 11 is 15.4. The molecule has 0 saturated heterocycles. The van der Waals surface area contributed by atoms with Gasteiger partial charge in [-0.15, -0.1) is 0 Å². The molecule has 0 radical (unpaired) electrons. The molecule has 21 heavy (non-hydrogen) atoms. The molecule has 0 aliphatic carbocycles. The van der Waals surface area contributed by atoms with Crippen LogP contribution in [0.1, 0.15) is 11.1 Å². The Labute approximate surface area is 140 Å². The van der Waals surface area contributed by atoms with Crippen LogP contribution >= 0.6 is 39.1 Å². The Morgan fingerprint density at radius 1 is 1.19 bits per heavy atom. The predicted octanol–water partition coefficient (Wildman–Crippen LogP) is 5.62. The van der Waals surface area contributed by atoms with Crippen LogP contribution in [0.2, 0.25) is 10.0 Å². The zero-order valence-electron chi connectivity index (χ0n) is 11.1. The van der Waals surface area contributed by atoms with Crippen LogP contribution in [-0.2, 0) is 11.9 Å². The SMILES string of the molecule is COc1ccc(COc2c(Cl)cc(Cl)cc2CBr)cc1F. The average Bonchev–Trinajstić information content (AvgIpc) is 2.45. The van der Waals surface area contributed by atoms with Gasteiger partial charge in [0.05, 0.1) is 12.1 Å². The summed E-state index contributed by atoms with van der Waals surface area (Å²) in [5.41, 5.74) is 1.52. The van der Waals surface area contributed by atoms with Crippen LogP contribution in [-0.4, -0.2) is 7.11 Å². The van der Waals surface area contributed by atoms with Crippen molar-refractivity contribution in [1.82, 2.24) is 0 Å². The van der Waals surface area contributed by atoms with Crippen molar-refractivity contribution in [3.63, 3.8) is 0 Å². The van der Waals surface area contributed by atoms with E-state index in [-0.39, 0.29) is 12.4 Å². The van der Waals surface area contributed by atoms with Gasteiger partial charge in [-0.3, -0.25) is 0 Å². The minimum absolute atomic E-state index is 0.197. The van der Waals surface area contributed by atoms with E-state index in [0.717, 1.165) is 5.56 Å². The molecule has 0 aliphatic heterocycles. The standard InChI is InChI=1S/C15H12BrCl2FO2/c1-20-14-3-2-9(4-13(14)19)8-21-15-10(7-16)5-11(17)6-12(15)18/h2-6H,7-8H2,1H3. The third-order valence-electron chi connectivity index (χ3n) is 2.83. The highest BCUT2D eigenvalue weighted by atomic mass is 79.9. The van der Waals surface area contributed by atoms with Gasteiger partial charge >= 0.3 is 0 Å². The molecule has 0 aromatic heterocycles. The lowest BCUT2D eigenvalue weighted by Crippen LogP contribution is -2.00. The van der Waals surface area contributed by atoms with E-state index >= 15 is 0 Å². The maximum Gasteiger partial charge on any atom is 0.165 e. The first-order chi connectivity index (χ1) is 10.0. The van der Waals surface area contributed by atoms with Crippen molar-refractivity contribution in [3.8, 4) is 11.5 Å². The minimum Gasteiger partial charge on any atom is -0.494 e. The molecule has 0 bridgehead atoms. The molecule has 0 spiro atoms. The van der Waals surface area contributed by atoms with Crippen molar-refractivity contribution in [2.75, 3.05) is 7.11 Å². The molecule has 2 aromatic carbocycles. The van der Waals surface area contributed by atoms with E-state index in [2.05, 4.69) is 15.9 Å². The molecular formula is C15H12BrCl2FO2. The second-order valence-electron chi connectivity index (χ2n) is 4.27. The highest BCUT2D eigenvalue weighted by Gasteiger charge is 2.11. The fourth-order valence-corrected chi connectivity index (χ4v) is 2.84. The van der Waals surface area contributed by atoms with E-state index in [1.54, 1.807) is 24.3 Å². The van der Waals surface area contributed by atoms with Crippen molar-refractivity contribution in [2.24, 2.45) is 0 Å². The molecule has 2 nitrogen and oxygen atoms in total. The van der Waals surface area contributed by atoms with E-state index < -0.39 is 5.82 Å². The fraction of sp³-hybridized carbons (Fsp3) is 0.200. The van der Waals surface area contributed by atoms with Gasteiger partial charge in [0.1, 0.15) is 12.4 Å². The quantitative estimate of drug-likeness (QED) is 0.614. The minimum atomic E-state index is -0.429. The molecule has 2 aromatic rings. The largest absolute Gasteiger partial charge is 0.494 e. The van der Waals surface area contributed by atoms with Crippen LogP contribution < -0.4 is 9.47 Å². The Morgan fingerprint density at radius 3 is 2.57 bits per heavy atom. The van der Waals surface area contributed by atoms with E-state index in [1.807, 2.05) is 0 Å². The van der Waals surface area contributed by atoms with Crippen molar-refractivity contribution in [2.45, 2.75) is 11.9 Å². The van der Waals surface area contributed by atoms with Crippen LogP contribution in [0.25, 0.3) is 0 Å². The van der Waals surface area contributed by atoms with Crippen LogP contribution in [0.5, 0.6) is 11.5 Å². The van der Waals surface area contributed by atoms with Crippen LogP contribution in [0, 0.1) is 5.82 Å². The van der Waals surface area contributed by atoms with Gasteiger partial charge in [-0.2, -0.15) is 0 Å². The zero-order valence-corrected chi connectivity index (χ0v) is 14.2. The molecule has 0 fully saturated rings. The van der Waals surface area contributed by atoms with Gasteiger partial charge < -0.3 is 9.47 Å². The van der Waals surface area contributed by atoms with Crippen LogP contribution in [0.4, 0.5) is 4.39 Å². The Hall–Kier alpha value is -0.970. The number of benzene rings is 2. The van der Waals surface area contributed by atoms with Crippen LogP contribution in [0.3, 0.4) is 0 Å². The summed E-state index contributed by atoms with van der Waals surface area (Å²) in [5, 5.41) is 1.52. The van der Waals surface area contributed by atoms with E-state index in [4.69, 9.17) is 32.7 Å². The lowest BCUT2D eigenvalue weighted by molar-refractivity contribution is 0.302. The highest BCUT2D eigenvalue weighted by Crippen LogP contribution is 2.34. The van der Waals surface area contributed by atoms with Gasteiger partial charge in [0.2, 0.25) is 0 Å². The third kappa shape index (κ3) is 4.02. The summed E-state index contributed by atoms with van der Waals surface area (Å²) in [6.45, 7) is 0.197. The zero-order chi connectivity index (χ0) is 15.4. The van der Waals surface area contributed by atoms with Crippen LogP contribution in [0.15, 0.2) is 30.3 Å². The Balaban J connectivity index is 2.18. The number of hydrogen-bond acceptors (Lipinski definition) is 2. The monoisotopic (exact) mass is 392 g/mol. The smallest absolute Gasteiger partial charge is 0.165 e. The van der Waals surface area contributed by atoms with Crippen molar-refractivity contribution < 1.29 is 13.9 Å². The normalized spacial score (nSPS) is 10.5. The summed E-state index contributed by atoms with van der Waals surface area (Å²) in [5.74, 6) is 0.306. The second-order valence-corrected chi connectivity index (χ2v) is 5.67. The van der Waals surface area contributed by atoms with E-state index in [1.165, 1.54) is 13.2 Å². The molecule has 2 rings (SSSR count).